The van der Waals surface area contributed by atoms with Gasteiger partial charge in [0, 0.05) is 10.4 Å². The second kappa shape index (κ2) is 8.24. The van der Waals surface area contributed by atoms with Crippen LogP contribution < -0.4 is 4.74 Å². The van der Waals surface area contributed by atoms with E-state index >= 15 is 0 Å². The molecule has 32 heavy (non-hydrogen) atoms. The van der Waals surface area contributed by atoms with Crippen LogP contribution in [0.25, 0.3) is 22.5 Å². The number of thiazole rings is 1. The molecule has 7 heteroatoms. The fraction of sp³-hybridized carbons (Fsp3) is 0.240. The Morgan fingerprint density at radius 3 is 2.59 bits per heavy atom. The zero-order valence-corrected chi connectivity index (χ0v) is 19.1. The molecule has 0 saturated heterocycles. The first kappa shape index (κ1) is 20.5. The fourth-order valence-electron chi connectivity index (χ4n) is 4.13. The molecule has 2 aromatic carbocycles. The molecule has 0 atom stereocenters. The molecule has 0 saturated carbocycles. The first-order chi connectivity index (χ1) is 15.5. The maximum atomic E-state index is 13.2. The van der Waals surface area contributed by atoms with Crippen LogP contribution >= 0.6 is 11.3 Å². The van der Waals surface area contributed by atoms with E-state index in [9.17, 15) is 4.79 Å². The van der Waals surface area contributed by atoms with Crippen LogP contribution in [0, 0.1) is 13.8 Å². The molecule has 0 radical (unpaired) electrons. The molecule has 0 spiro atoms. The molecule has 1 aliphatic rings. The molecule has 5 rings (SSSR count). The van der Waals surface area contributed by atoms with Gasteiger partial charge < -0.3 is 9.64 Å². The largest absolute Gasteiger partial charge is 0.496 e. The lowest BCUT2D eigenvalue weighted by atomic mass is 10.1. The van der Waals surface area contributed by atoms with E-state index in [4.69, 9.17) is 9.84 Å². The van der Waals surface area contributed by atoms with Gasteiger partial charge in [-0.05, 0) is 49.2 Å². The van der Waals surface area contributed by atoms with Gasteiger partial charge in [-0.25, -0.2) is 4.98 Å². The van der Waals surface area contributed by atoms with E-state index in [1.54, 1.807) is 18.4 Å². The summed E-state index contributed by atoms with van der Waals surface area (Å²) in [6.45, 7) is 5.42. The van der Waals surface area contributed by atoms with Crippen molar-refractivity contribution in [3.63, 3.8) is 0 Å². The Morgan fingerprint density at radius 2 is 1.88 bits per heavy atom. The summed E-state index contributed by atoms with van der Waals surface area (Å²) in [6, 6.07) is 18.1. The Morgan fingerprint density at radius 1 is 1.06 bits per heavy atom. The summed E-state index contributed by atoms with van der Waals surface area (Å²) in [6.07, 6.45) is 0. The lowest BCUT2D eigenvalue weighted by molar-refractivity contribution is -0.132. The number of carbonyl (C=O) groups excluding carboxylic acids is 1. The minimum atomic E-state index is 0.0468. The van der Waals surface area contributed by atoms with E-state index in [0.29, 0.717) is 13.1 Å². The summed E-state index contributed by atoms with van der Waals surface area (Å²) >= 11 is 1.67. The lowest BCUT2D eigenvalue weighted by Gasteiger charge is -2.16. The number of nitrogens with zero attached hydrogens (tertiary/aromatic N) is 4. The van der Waals surface area contributed by atoms with E-state index in [-0.39, 0.29) is 12.5 Å². The Balaban J connectivity index is 1.46. The summed E-state index contributed by atoms with van der Waals surface area (Å²) in [5.41, 5.74) is 5.85. The Labute approximate surface area is 191 Å². The highest BCUT2D eigenvalue weighted by molar-refractivity contribution is 7.11. The van der Waals surface area contributed by atoms with E-state index in [1.807, 2.05) is 65.9 Å². The highest BCUT2D eigenvalue weighted by Crippen LogP contribution is 2.31. The van der Waals surface area contributed by atoms with Crippen molar-refractivity contribution in [2.45, 2.75) is 33.5 Å². The molecule has 162 valence electrons. The van der Waals surface area contributed by atoms with Gasteiger partial charge in [0.05, 0.1) is 42.3 Å². The van der Waals surface area contributed by atoms with Crippen LogP contribution in [0.2, 0.25) is 0 Å². The van der Waals surface area contributed by atoms with Crippen LogP contribution in [0.1, 0.15) is 21.1 Å². The molecule has 6 nitrogen and oxygen atoms in total. The SMILES string of the molecule is COc1ccc(-c2cc(-c3ccccc3)n(CC(=O)N3Cc4nc(C)sc4C3)n2)cc1C. The first-order valence-electron chi connectivity index (χ1n) is 10.5. The summed E-state index contributed by atoms with van der Waals surface area (Å²) in [5.74, 6) is 0.891. The maximum Gasteiger partial charge on any atom is 0.245 e. The highest BCUT2D eigenvalue weighted by atomic mass is 32.1. The number of aryl methyl sites for hydroxylation is 2. The molecule has 1 amide bonds. The number of rotatable bonds is 5. The topological polar surface area (TPSA) is 60.2 Å². The smallest absolute Gasteiger partial charge is 0.245 e. The third-order valence-corrected chi connectivity index (χ3v) is 6.74. The average Bonchev–Trinajstić information content (AvgIpc) is 3.47. The number of hydrogen-bond acceptors (Lipinski definition) is 5. The summed E-state index contributed by atoms with van der Waals surface area (Å²) in [5, 5.41) is 5.89. The zero-order chi connectivity index (χ0) is 22.2. The van der Waals surface area contributed by atoms with Gasteiger partial charge in [-0.2, -0.15) is 5.10 Å². The molecular weight excluding hydrogens is 420 g/mol. The summed E-state index contributed by atoms with van der Waals surface area (Å²) in [7, 11) is 1.67. The summed E-state index contributed by atoms with van der Waals surface area (Å²) in [4.78, 5) is 20.8. The fourth-order valence-corrected chi connectivity index (χ4v) is 5.09. The molecule has 2 aromatic heterocycles. The van der Waals surface area contributed by atoms with Crippen LogP contribution in [0.5, 0.6) is 5.75 Å². The van der Waals surface area contributed by atoms with Gasteiger partial charge >= 0.3 is 0 Å². The molecule has 0 unspecified atom stereocenters. The molecule has 0 N–H and O–H groups in total. The van der Waals surface area contributed by atoms with Crippen molar-refractivity contribution in [1.29, 1.82) is 0 Å². The van der Waals surface area contributed by atoms with Crippen molar-refractivity contribution >= 4 is 17.2 Å². The highest BCUT2D eigenvalue weighted by Gasteiger charge is 2.27. The predicted molar refractivity (Wildman–Crippen MR) is 125 cm³/mol. The minimum absolute atomic E-state index is 0.0468. The number of hydrogen-bond donors (Lipinski definition) is 0. The predicted octanol–water partition coefficient (Wildman–Crippen LogP) is 4.84. The van der Waals surface area contributed by atoms with Crippen LogP contribution in [-0.4, -0.2) is 32.7 Å². The van der Waals surface area contributed by atoms with Gasteiger partial charge in [-0.15, -0.1) is 11.3 Å². The normalized spacial score (nSPS) is 12.8. The maximum absolute atomic E-state index is 13.2. The molecule has 0 aliphatic carbocycles. The van der Waals surface area contributed by atoms with Gasteiger partial charge in [0.1, 0.15) is 12.3 Å². The number of fused-ring (bicyclic) bond motifs is 1. The standard InChI is InChI=1S/C25H24N4O2S/c1-16-11-19(9-10-23(16)31-3)20-12-22(18-7-5-4-6-8-18)29(27-20)15-25(30)28-13-21-24(14-28)32-17(2)26-21/h4-12H,13-15H2,1-3H3. The van der Waals surface area contributed by atoms with Crippen LogP contribution in [0.4, 0.5) is 0 Å². The second-order valence-corrected chi connectivity index (χ2v) is 9.26. The molecule has 3 heterocycles. The molecular formula is C25H24N4O2S. The van der Waals surface area contributed by atoms with Gasteiger partial charge in [-0.3, -0.25) is 9.48 Å². The zero-order valence-electron chi connectivity index (χ0n) is 18.3. The second-order valence-electron chi connectivity index (χ2n) is 7.98. The van der Waals surface area contributed by atoms with E-state index in [1.165, 1.54) is 4.88 Å². The van der Waals surface area contributed by atoms with Gasteiger partial charge in [0.15, 0.2) is 0 Å². The van der Waals surface area contributed by atoms with Crippen molar-refractivity contribution in [3.05, 3.63) is 75.7 Å². The molecule has 4 aromatic rings. The van der Waals surface area contributed by atoms with Crippen molar-refractivity contribution in [2.75, 3.05) is 7.11 Å². The van der Waals surface area contributed by atoms with Crippen molar-refractivity contribution in [1.82, 2.24) is 19.7 Å². The quantitative estimate of drug-likeness (QED) is 0.442. The van der Waals surface area contributed by atoms with Gasteiger partial charge in [0.25, 0.3) is 0 Å². The van der Waals surface area contributed by atoms with Crippen molar-refractivity contribution < 1.29 is 9.53 Å². The van der Waals surface area contributed by atoms with Crippen molar-refractivity contribution in [3.8, 4) is 28.3 Å². The monoisotopic (exact) mass is 444 g/mol. The summed E-state index contributed by atoms with van der Waals surface area (Å²) < 4.78 is 7.21. The van der Waals surface area contributed by atoms with Crippen LogP contribution in [0.3, 0.4) is 0 Å². The number of amides is 1. The van der Waals surface area contributed by atoms with E-state index in [0.717, 1.165) is 44.5 Å². The van der Waals surface area contributed by atoms with E-state index < -0.39 is 0 Å². The number of aromatic nitrogens is 3. The van der Waals surface area contributed by atoms with Crippen molar-refractivity contribution in [2.24, 2.45) is 0 Å². The minimum Gasteiger partial charge on any atom is -0.496 e. The first-order valence-corrected chi connectivity index (χ1v) is 11.3. The van der Waals surface area contributed by atoms with E-state index in [2.05, 4.69) is 17.1 Å². The molecule has 0 fully saturated rings. The third kappa shape index (κ3) is 3.80. The number of carbonyl (C=O) groups is 1. The molecule has 0 bridgehead atoms. The molecule has 1 aliphatic heterocycles. The van der Waals surface area contributed by atoms with Gasteiger partial charge in [0.2, 0.25) is 5.91 Å². The lowest BCUT2D eigenvalue weighted by Crippen LogP contribution is -2.30. The average molecular weight is 445 g/mol. The van der Waals surface area contributed by atoms with Crippen LogP contribution in [0.15, 0.2) is 54.6 Å². The Hall–Kier alpha value is -3.45. The Kier molecular flexibility index (Phi) is 5.27. The van der Waals surface area contributed by atoms with Crippen LogP contribution in [-0.2, 0) is 24.4 Å². The number of methoxy groups -OCH3 is 1. The third-order valence-electron chi connectivity index (χ3n) is 5.74. The Bertz CT molecular complexity index is 1270. The number of ether oxygens (including phenoxy) is 1. The van der Waals surface area contributed by atoms with Gasteiger partial charge in [-0.1, -0.05) is 30.3 Å². The number of benzene rings is 2.